The van der Waals surface area contributed by atoms with Crippen LogP contribution in [0.1, 0.15) is 137 Å². The van der Waals surface area contributed by atoms with Gasteiger partial charge in [-0.05, 0) is 31.6 Å². The first-order valence-electron chi connectivity index (χ1n) is 13.0. The molecular weight excluding hydrogens is 372 g/mol. The highest BCUT2D eigenvalue weighted by Gasteiger charge is 2.15. The van der Waals surface area contributed by atoms with Gasteiger partial charge in [-0.15, -0.1) is 0 Å². The fourth-order valence-corrected chi connectivity index (χ4v) is 3.91. The second-order valence-electron chi connectivity index (χ2n) is 9.39. The molecule has 0 aliphatic carbocycles. The second-order valence-corrected chi connectivity index (χ2v) is 9.39. The third-order valence-corrected chi connectivity index (χ3v) is 5.97. The molecule has 0 fully saturated rings. The second kappa shape index (κ2) is 21.2. The van der Waals surface area contributed by atoms with Crippen LogP contribution in [0, 0.1) is 5.92 Å². The lowest BCUT2D eigenvalue weighted by atomic mass is 9.98. The Morgan fingerprint density at radius 2 is 1.20 bits per heavy atom. The Labute approximate surface area is 187 Å². The van der Waals surface area contributed by atoms with E-state index in [1.807, 2.05) is 0 Å². The maximum Gasteiger partial charge on any atom is 0.220 e. The third kappa shape index (κ3) is 20.2. The zero-order valence-corrected chi connectivity index (χ0v) is 20.7. The smallest absolute Gasteiger partial charge is 0.220 e. The SMILES string of the molecule is CCCCCCCCCCCCCCCC(=O)N[C@@H](CCCCNC(C)=O)C(C)C. The first kappa shape index (κ1) is 28.9. The average molecular weight is 425 g/mol. The summed E-state index contributed by atoms with van der Waals surface area (Å²) in [7, 11) is 0. The molecule has 2 amide bonds. The molecule has 0 aliphatic rings. The molecule has 4 nitrogen and oxygen atoms in total. The van der Waals surface area contributed by atoms with E-state index in [1.165, 1.54) is 77.0 Å². The normalized spacial score (nSPS) is 12.2. The minimum absolute atomic E-state index is 0.0292. The minimum atomic E-state index is 0.0292. The molecule has 0 rings (SSSR count). The van der Waals surface area contributed by atoms with Gasteiger partial charge in [-0.2, -0.15) is 0 Å². The van der Waals surface area contributed by atoms with E-state index in [0.29, 0.717) is 12.3 Å². The molecule has 0 heterocycles. The monoisotopic (exact) mass is 424 g/mol. The van der Waals surface area contributed by atoms with Gasteiger partial charge in [0, 0.05) is 25.9 Å². The molecule has 0 aromatic carbocycles. The van der Waals surface area contributed by atoms with Gasteiger partial charge in [-0.3, -0.25) is 9.59 Å². The van der Waals surface area contributed by atoms with E-state index in [4.69, 9.17) is 0 Å². The summed E-state index contributed by atoms with van der Waals surface area (Å²) in [4.78, 5) is 23.2. The Hall–Kier alpha value is -1.06. The molecule has 30 heavy (non-hydrogen) atoms. The lowest BCUT2D eigenvalue weighted by molar-refractivity contribution is -0.122. The molecular formula is C26H52N2O2. The molecule has 2 N–H and O–H groups in total. The molecule has 0 aromatic rings. The Balaban J connectivity index is 3.57. The summed E-state index contributed by atoms with van der Waals surface area (Å²) in [5.74, 6) is 0.682. The van der Waals surface area contributed by atoms with Crippen LogP contribution in [0.5, 0.6) is 0 Å². The Kier molecular flexibility index (Phi) is 20.4. The van der Waals surface area contributed by atoms with E-state index in [2.05, 4.69) is 31.4 Å². The number of hydrogen-bond acceptors (Lipinski definition) is 2. The third-order valence-electron chi connectivity index (χ3n) is 5.97. The quantitative estimate of drug-likeness (QED) is 0.197. The number of amides is 2. The Bertz CT molecular complexity index is 410. The van der Waals surface area contributed by atoms with Crippen LogP contribution in [0.3, 0.4) is 0 Å². The van der Waals surface area contributed by atoms with Gasteiger partial charge < -0.3 is 10.6 Å². The maximum absolute atomic E-state index is 12.3. The number of unbranched alkanes of at least 4 members (excludes halogenated alkanes) is 13. The fraction of sp³-hybridized carbons (Fsp3) is 0.923. The molecule has 178 valence electrons. The van der Waals surface area contributed by atoms with Crippen LogP contribution in [0.4, 0.5) is 0 Å². The minimum Gasteiger partial charge on any atom is -0.356 e. The maximum atomic E-state index is 12.3. The van der Waals surface area contributed by atoms with Gasteiger partial charge in [0.25, 0.3) is 0 Å². The first-order chi connectivity index (χ1) is 14.5. The molecule has 0 saturated heterocycles. The summed E-state index contributed by atoms with van der Waals surface area (Å²) in [5.41, 5.74) is 0. The van der Waals surface area contributed by atoms with Crippen LogP contribution in [0.15, 0.2) is 0 Å². The summed E-state index contributed by atoms with van der Waals surface area (Å²) in [6.45, 7) is 8.89. The highest BCUT2D eigenvalue weighted by molar-refractivity contribution is 5.76. The summed E-state index contributed by atoms with van der Waals surface area (Å²) < 4.78 is 0. The van der Waals surface area contributed by atoms with E-state index in [9.17, 15) is 9.59 Å². The zero-order chi connectivity index (χ0) is 22.5. The molecule has 0 saturated carbocycles. The van der Waals surface area contributed by atoms with Crippen LogP contribution >= 0.6 is 0 Å². The topological polar surface area (TPSA) is 58.2 Å². The van der Waals surface area contributed by atoms with Crippen molar-refractivity contribution in [3.8, 4) is 0 Å². The highest BCUT2D eigenvalue weighted by atomic mass is 16.2. The van der Waals surface area contributed by atoms with Crippen molar-refractivity contribution < 1.29 is 9.59 Å². The number of carbonyl (C=O) groups is 2. The van der Waals surface area contributed by atoms with Crippen molar-refractivity contribution in [3.63, 3.8) is 0 Å². The molecule has 1 atom stereocenters. The summed E-state index contributed by atoms with van der Waals surface area (Å²) >= 11 is 0. The van der Waals surface area contributed by atoms with Crippen LogP contribution in [0.2, 0.25) is 0 Å². The standard InChI is InChI=1S/C26H52N2O2/c1-5-6-7-8-9-10-11-12-13-14-15-16-17-21-26(30)28-25(23(2)3)20-18-19-22-27-24(4)29/h23,25H,5-22H2,1-4H3,(H,27,29)(H,28,30)/t25-/m0/s1. The van der Waals surface area contributed by atoms with Crippen molar-refractivity contribution in [3.05, 3.63) is 0 Å². The molecule has 0 radical (unpaired) electrons. The van der Waals surface area contributed by atoms with E-state index in [1.54, 1.807) is 6.92 Å². The molecule has 0 spiro atoms. The molecule has 0 unspecified atom stereocenters. The lowest BCUT2D eigenvalue weighted by Gasteiger charge is -2.22. The van der Waals surface area contributed by atoms with Gasteiger partial charge in [0.15, 0.2) is 0 Å². The van der Waals surface area contributed by atoms with Crippen LogP contribution < -0.4 is 10.6 Å². The Morgan fingerprint density at radius 1 is 0.700 bits per heavy atom. The molecule has 0 aromatic heterocycles. The van der Waals surface area contributed by atoms with Crippen LogP contribution in [0.25, 0.3) is 0 Å². The van der Waals surface area contributed by atoms with Gasteiger partial charge in [-0.1, -0.05) is 97.8 Å². The van der Waals surface area contributed by atoms with Crippen molar-refractivity contribution >= 4 is 11.8 Å². The van der Waals surface area contributed by atoms with Gasteiger partial charge in [0.05, 0.1) is 0 Å². The van der Waals surface area contributed by atoms with Gasteiger partial charge in [-0.25, -0.2) is 0 Å². The van der Waals surface area contributed by atoms with Crippen molar-refractivity contribution in [2.24, 2.45) is 5.92 Å². The van der Waals surface area contributed by atoms with E-state index in [-0.39, 0.29) is 17.9 Å². The first-order valence-corrected chi connectivity index (χ1v) is 13.0. The van der Waals surface area contributed by atoms with E-state index in [0.717, 1.165) is 32.2 Å². The van der Waals surface area contributed by atoms with Crippen molar-refractivity contribution in [2.75, 3.05) is 6.54 Å². The van der Waals surface area contributed by atoms with Crippen LogP contribution in [-0.4, -0.2) is 24.4 Å². The van der Waals surface area contributed by atoms with E-state index < -0.39 is 0 Å². The molecule has 0 bridgehead atoms. The van der Waals surface area contributed by atoms with Crippen molar-refractivity contribution in [1.82, 2.24) is 10.6 Å². The lowest BCUT2D eigenvalue weighted by Crippen LogP contribution is -2.38. The number of nitrogens with one attached hydrogen (secondary N) is 2. The molecule has 4 heteroatoms. The number of rotatable bonds is 21. The predicted molar refractivity (Wildman–Crippen MR) is 130 cm³/mol. The summed E-state index contributed by atoms with van der Waals surface area (Å²) in [6.07, 6.45) is 21.0. The average Bonchev–Trinajstić information content (AvgIpc) is 2.70. The van der Waals surface area contributed by atoms with Crippen LogP contribution in [-0.2, 0) is 9.59 Å². The fourth-order valence-electron chi connectivity index (χ4n) is 3.91. The summed E-state index contributed by atoms with van der Waals surface area (Å²) in [6, 6.07) is 0.247. The number of hydrogen-bond donors (Lipinski definition) is 2. The van der Waals surface area contributed by atoms with Gasteiger partial charge >= 0.3 is 0 Å². The molecule has 0 aliphatic heterocycles. The van der Waals surface area contributed by atoms with Gasteiger partial charge in [0.2, 0.25) is 11.8 Å². The van der Waals surface area contributed by atoms with Crippen molar-refractivity contribution in [2.45, 2.75) is 143 Å². The zero-order valence-electron chi connectivity index (χ0n) is 20.7. The predicted octanol–water partition coefficient (Wildman–Crippen LogP) is 6.91. The number of carbonyl (C=O) groups excluding carboxylic acids is 2. The van der Waals surface area contributed by atoms with Gasteiger partial charge in [0.1, 0.15) is 0 Å². The largest absolute Gasteiger partial charge is 0.356 e. The Morgan fingerprint density at radius 3 is 1.67 bits per heavy atom. The van der Waals surface area contributed by atoms with Crippen molar-refractivity contribution in [1.29, 1.82) is 0 Å². The highest BCUT2D eigenvalue weighted by Crippen LogP contribution is 2.14. The summed E-state index contributed by atoms with van der Waals surface area (Å²) in [5, 5.41) is 6.06. The van der Waals surface area contributed by atoms with E-state index >= 15 is 0 Å².